The van der Waals surface area contributed by atoms with E-state index >= 15 is 0 Å². The number of carbonyl (C=O) groups is 2. The highest BCUT2D eigenvalue weighted by atomic mass is 16.5. The molecule has 1 saturated heterocycles. The monoisotopic (exact) mass is 326 g/mol. The van der Waals surface area contributed by atoms with Crippen molar-refractivity contribution in [3.8, 4) is 5.75 Å². The molecule has 1 fully saturated rings. The van der Waals surface area contributed by atoms with Crippen molar-refractivity contribution in [2.45, 2.75) is 12.5 Å². The van der Waals surface area contributed by atoms with E-state index in [0.717, 1.165) is 4.90 Å². The Kier molecular flexibility index (Phi) is 4.07. The second kappa shape index (κ2) is 6.19. The number of anilines is 1. The summed E-state index contributed by atoms with van der Waals surface area (Å²) in [5.74, 6) is 0.272. The fraction of sp³-hybridized carbons (Fsp3) is 0.235. The second-order valence-corrected chi connectivity index (χ2v) is 5.67. The van der Waals surface area contributed by atoms with Crippen LogP contribution in [0.3, 0.4) is 0 Å². The SMILES string of the molecule is CC1(c2cccnc2)NC(=O)N(CCOc2cccc(N)c2)C1=O. The largest absolute Gasteiger partial charge is 0.492 e. The van der Waals surface area contributed by atoms with Gasteiger partial charge in [-0.2, -0.15) is 0 Å². The van der Waals surface area contributed by atoms with Crippen molar-refractivity contribution in [2.75, 3.05) is 18.9 Å². The van der Waals surface area contributed by atoms with Crippen LogP contribution in [0.4, 0.5) is 10.5 Å². The number of hydrogen-bond acceptors (Lipinski definition) is 5. The molecule has 1 aliphatic rings. The maximum absolute atomic E-state index is 12.7. The number of rotatable bonds is 5. The molecule has 1 aromatic carbocycles. The van der Waals surface area contributed by atoms with Gasteiger partial charge >= 0.3 is 6.03 Å². The molecule has 3 rings (SSSR count). The minimum absolute atomic E-state index is 0.148. The molecule has 7 nitrogen and oxygen atoms in total. The molecule has 7 heteroatoms. The van der Waals surface area contributed by atoms with Gasteiger partial charge in [-0.15, -0.1) is 0 Å². The van der Waals surface area contributed by atoms with Gasteiger partial charge in [0.15, 0.2) is 0 Å². The zero-order valence-electron chi connectivity index (χ0n) is 13.2. The lowest BCUT2D eigenvalue weighted by Crippen LogP contribution is -2.41. The molecule has 2 aromatic rings. The van der Waals surface area contributed by atoms with Crippen LogP contribution in [-0.4, -0.2) is 35.0 Å². The number of ether oxygens (including phenoxy) is 1. The topological polar surface area (TPSA) is 97.6 Å². The molecule has 0 spiro atoms. The van der Waals surface area contributed by atoms with Gasteiger partial charge in [-0.1, -0.05) is 12.1 Å². The molecule has 3 amide bonds. The van der Waals surface area contributed by atoms with Crippen LogP contribution in [0.2, 0.25) is 0 Å². The van der Waals surface area contributed by atoms with Gasteiger partial charge in [0.05, 0.1) is 6.54 Å². The summed E-state index contributed by atoms with van der Waals surface area (Å²) in [6.45, 7) is 2.00. The minimum atomic E-state index is -1.11. The lowest BCUT2D eigenvalue weighted by molar-refractivity contribution is -0.131. The molecule has 124 valence electrons. The number of nitrogens with zero attached hydrogens (tertiary/aromatic N) is 2. The Labute approximate surface area is 139 Å². The standard InChI is InChI=1S/C17H18N4O3/c1-17(12-4-3-7-19-11-12)15(22)21(16(23)20-17)8-9-24-14-6-2-5-13(18)10-14/h2-7,10-11H,8-9,18H2,1H3,(H,20,23). The van der Waals surface area contributed by atoms with E-state index in [1.54, 1.807) is 55.7 Å². The molecule has 0 saturated carbocycles. The first-order chi connectivity index (χ1) is 11.5. The molecular formula is C17H18N4O3. The summed E-state index contributed by atoms with van der Waals surface area (Å²) in [7, 11) is 0. The smallest absolute Gasteiger partial charge is 0.325 e. The number of amides is 3. The summed E-state index contributed by atoms with van der Waals surface area (Å²) in [5.41, 5.74) is 5.80. The third-order valence-corrected chi connectivity index (χ3v) is 3.96. The van der Waals surface area contributed by atoms with E-state index in [4.69, 9.17) is 10.5 Å². The zero-order chi connectivity index (χ0) is 17.2. The number of benzene rings is 1. The van der Waals surface area contributed by atoms with Gasteiger partial charge in [0.1, 0.15) is 17.9 Å². The Hall–Kier alpha value is -3.09. The molecule has 1 atom stereocenters. The van der Waals surface area contributed by atoms with Crippen LogP contribution in [0.25, 0.3) is 0 Å². The zero-order valence-corrected chi connectivity index (χ0v) is 13.2. The van der Waals surface area contributed by atoms with Gasteiger partial charge in [0, 0.05) is 29.7 Å². The average molecular weight is 326 g/mol. The van der Waals surface area contributed by atoms with Crippen molar-refractivity contribution < 1.29 is 14.3 Å². The van der Waals surface area contributed by atoms with Gasteiger partial charge in [0.2, 0.25) is 0 Å². The summed E-state index contributed by atoms with van der Waals surface area (Å²) >= 11 is 0. The average Bonchev–Trinajstić information content (AvgIpc) is 2.80. The van der Waals surface area contributed by atoms with Crippen LogP contribution in [-0.2, 0) is 10.3 Å². The van der Waals surface area contributed by atoms with E-state index in [2.05, 4.69) is 10.3 Å². The normalized spacial score (nSPS) is 20.1. The molecule has 1 aromatic heterocycles. The Balaban J connectivity index is 1.67. The van der Waals surface area contributed by atoms with Gasteiger partial charge < -0.3 is 15.8 Å². The number of carbonyl (C=O) groups excluding carboxylic acids is 2. The van der Waals surface area contributed by atoms with Crippen LogP contribution in [0.5, 0.6) is 5.75 Å². The number of hydrogen-bond donors (Lipinski definition) is 2. The van der Waals surface area contributed by atoms with Gasteiger partial charge in [0.25, 0.3) is 5.91 Å². The third-order valence-electron chi connectivity index (χ3n) is 3.96. The van der Waals surface area contributed by atoms with Crippen molar-refractivity contribution in [3.63, 3.8) is 0 Å². The summed E-state index contributed by atoms with van der Waals surface area (Å²) in [4.78, 5) is 30.0. The molecule has 0 radical (unpaired) electrons. The maximum atomic E-state index is 12.7. The summed E-state index contributed by atoms with van der Waals surface area (Å²) < 4.78 is 5.55. The van der Waals surface area contributed by atoms with E-state index in [-0.39, 0.29) is 19.1 Å². The van der Waals surface area contributed by atoms with Gasteiger partial charge in [-0.25, -0.2) is 4.79 Å². The van der Waals surface area contributed by atoms with Gasteiger partial charge in [-0.05, 0) is 25.1 Å². The number of nitrogen functional groups attached to an aromatic ring is 1. The Morgan fingerprint density at radius 2 is 2.12 bits per heavy atom. The molecule has 0 aliphatic carbocycles. The Morgan fingerprint density at radius 3 is 2.83 bits per heavy atom. The first-order valence-corrected chi connectivity index (χ1v) is 7.53. The van der Waals surface area contributed by atoms with Crippen LogP contribution < -0.4 is 15.8 Å². The summed E-state index contributed by atoms with van der Waals surface area (Å²) in [5, 5.41) is 2.73. The van der Waals surface area contributed by atoms with E-state index < -0.39 is 11.6 Å². The highest BCUT2D eigenvalue weighted by Gasteiger charge is 2.48. The molecule has 24 heavy (non-hydrogen) atoms. The van der Waals surface area contributed by atoms with Gasteiger partial charge in [-0.3, -0.25) is 14.7 Å². The van der Waals surface area contributed by atoms with Crippen molar-refractivity contribution in [3.05, 3.63) is 54.4 Å². The third kappa shape index (κ3) is 2.88. The number of nitrogens with two attached hydrogens (primary N) is 1. The van der Waals surface area contributed by atoms with E-state index in [1.807, 2.05) is 0 Å². The van der Waals surface area contributed by atoms with Crippen LogP contribution >= 0.6 is 0 Å². The fourth-order valence-electron chi connectivity index (χ4n) is 2.61. The van der Waals surface area contributed by atoms with Crippen molar-refractivity contribution in [1.29, 1.82) is 0 Å². The maximum Gasteiger partial charge on any atom is 0.325 e. The minimum Gasteiger partial charge on any atom is -0.492 e. The van der Waals surface area contributed by atoms with Crippen molar-refractivity contribution >= 4 is 17.6 Å². The Morgan fingerprint density at radius 1 is 1.29 bits per heavy atom. The van der Waals surface area contributed by atoms with Crippen LogP contribution in [0.15, 0.2) is 48.8 Å². The van der Waals surface area contributed by atoms with Crippen molar-refractivity contribution in [2.24, 2.45) is 0 Å². The Bertz CT molecular complexity index is 765. The van der Waals surface area contributed by atoms with Crippen LogP contribution in [0, 0.1) is 0 Å². The molecular weight excluding hydrogens is 308 g/mol. The lowest BCUT2D eigenvalue weighted by atomic mass is 9.94. The van der Waals surface area contributed by atoms with E-state index in [1.165, 1.54) is 0 Å². The highest BCUT2D eigenvalue weighted by Crippen LogP contribution is 2.28. The summed E-state index contributed by atoms with van der Waals surface area (Å²) in [6.07, 6.45) is 3.19. The number of imide groups is 1. The van der Waals surface area contributed by atoms with Crippen LogP contribution in [0.1, 0.15) is 12.5 Å². The summed E-state index contributed by atoms with van der Waals surface area (Å²) in [6, 6.07) is 10.0. The quantitative estimate of drug-likeness (QED) is 0.641. The fourth-order valence-corrected chi connectivity index (χ4v) is 2.61. The number of aromatic nitrogens is 1. The number of pyridine rings is 1. The lowest BCUT2D eigenvalue weighted by Gasteiger charge is -2.21. The first kappa shape index (κ1) is 15.8. The molecule has 3 N–H and O–H groups in total. The highest BCUT2D eigenvalue weighted by molar-refractivity contribution is 6.07. The van der Waals surface area contributed by atoms with E-state index in [0.29, 0.717) is 17.0 Å². The predicted molar refractivity (Wildman–Crippen MR) is 88.2 cm³/mol. The molecule has 2 heterocycles. The molecule has 1 unspecified atom stereocenters. The number of urea groups is 1. The molecule has 1 aliphatic heterocycles. The van der Waals surface area contributed by atoms with E-state index in [9.17, 15) is 9.59 Å². The van der Waals surface area contributed by atoms with Crippen molar-refractivity contribution in [1.82, 2.24) is 15.2 Å². The predicted octanol–water partition coefficient (Wildman–Crippen LogP) is 1.51. The number of nitrogens with one attached hydrogen (secondary N) is 1. The molecule has 0 bridgehead atoms. The first-order valence-electron chi connectivity index (χ1n) is 7.53. The second-order valence-electron chi connectivity index (χ2n) is 5.67.